The molecule has 0 aromatic heterocycles. The molecule has 2 N–H and O–H groups in total. The molecule has 1 saturated heterocycles. The summed E-state index contributed by atoms with van der Waals surface area (Å²) in [7, 11) is 1.66. The standard InChI is InChI=1S/C25H30N4O4/c1-3-33-24(30)22-21(26-25(31)27-23(22)18-7-5-4-6-8-18)17-28-13-15-29(16-14-28)19-9-11-20(32-2)12-10-19/h4-12,23H,3,13-17H2,1-2H3,(H2,26,27,31). The minimum absolute atomic E-state index is 0.269. The van der Waals surface area contributed by atoms with Crippen LogP contribution >= 0.6 is 0 Å². The number of ether oxygens (including phenoxy) is 2. The third-order valence-corrected chi connectivity index (χ3v) is 5.97. The van der Waals surface area contributed by atoms with Gasteiger partial charge in [0, 0.05) is 44.1 Å². The third-order valence-electron chi connectivity index (χ3n) is 5.97. The highest BCUT2D eigenvalue weighted by Gasteiger charge is 2.34. The molecule has 1 unspecified atom stereocenters. The van der Waals surface area contributed by atoms with Crippen LogP contribution in [0.2, 0.25) is 0 Å². The molecule has 2 aromatic carbocycles. The van der Waals surface area contributed by atoms with Crippen molar-refractivity contribution in [1.82, 2.24) is 15.5 Å². The van der Waals surface area contributed by atoms with Crippen LogP contribution < -0.4 is 20.3 Å². The third kappa shape index (κ3) is 5.28. The lowest BCUT2D eigenvalue weighted by molar-refractivity contribution is -0.139. The second-order valence-electron chi connectivity index (χ2n) is 8.02. The first-order chi connectivity index (χ1) is 16.1. The van der Waals surface area contributed by atoms with Gasteiger partial charge in [0.15, 0.2) is 0 Å². The van der Waals surface area contributed by atoms with Crippen molar-refractivity contribution in [2.24, 2.45) is 0 Å². The number of urea groups is 1. The van der Waals surface area contributed by atoms with E-state index in [1.54, 1.807) is 14.0 Å². The minimum Gasteiger partial charge on any atom is -0.497 e. The highest BCUT2D eigenvalue weighted by Crippen LogP contribution is 2.28. The van der Waals surface area contributed by atoms with E-state index in [2.05, 4.69) is 32.6 Å². The number of hydrogen-bond acceptors (Lipinski definition) is 6. The highest BCUT2D eigenvalue weighted by molar-refractivity contribution is 5.95. The van der Waals surface area contributed by atoms with Gasteiger partial charge in [-0.15, -0.1) is 0 Å². The van der Waals surface area contributed by atoms with Crippen molar-refractivity contribution in [2.45, 2.75) is 13.0 Å². The first-order valence-corrected chi connectivity index (χ1v) is 11.2. The van der Waals surface area contributed by atoms with Crippen LogP contribution in [0.5, 0.6) is 5.75 Å². The molecule has 2 amide bonds. The molecule has 1 atom stereocenters. The zero-order valence-corrected chi connectivity index (χ0v) is 19.0. The van der Waals surface area contributed by atoms with Gasteiger partial charge in [-0.05, 0) is 36.8 Å². The predicted molar refractivity (Wildman–Crippen MR) is 126 cm³/mol. The monoisotopic (exact) mass is 450 g/mol. The Hall–Kier alpha value is -3.52. The Morgan fingerprint density at radius 2 is 1.73 bits per heavy atom. The maximum atomic E-state index is 12.9. The number of esters is 1. The summed E-state index contributed by atoms with van der Waals surface area (Å²) >= 11 is 0. The van der Waals surface area contributed by atoms with Gasteiger partial charge < -0.3 is 25.0 Å². The summed E-state index contributed by atoms with van der Waals surface area (Å²) < 4.78 is 10.6. The molecule has 174 valence electrons. The van der Waals surface area contributed by atoms with E-state index in [1.807, 2.05) is 42.5 Å². The van der Waals surface area contributed by atoms with Crippen molar-refractivity contribution >= 4 is 17.7 Å². The van der Waals surface area contributed by atoms with Crippen molar-refractivity contribution in [1.29, 1.82) is 0 Å². The van der Waals surface area contributed by atoms with Crippen LogP contribution in [0, 0.1) is 0 Å². The molecule has 0 bridgehead atoms. The average molecular weight is 451 g/mol. The normalized spacial score (nSPS) is 19.0. The van der Waals surface area contributed by atoms with Gasteiger partial charge in [0.05, 0.1) is 25.3 Å². The Morgan fingerprint density at radius 3 is 2.36 bits per heavy atom. The lowest BCUT2D eigenvalue weighted by Crippen LogP contribution is -2.51. The summed E-state index contributed by atoms with van der Waals surface area (Å²) in [6.45, 7) is 5.84. The molecular weight excluding hydrogens is 420 g/mol. The van der Waals surface area contributed by atoms with Crippen LogP contribution in [0.4, 0.5) is 10.5 Å². The summed E-state index contributed by atoms with van der Waals surface area (Å²) in [5, 5.41) is 5.75. The fraction of sp³-hybridized carbons (Fsp3) is 0.360. The summed E-state index contributed by atoms with van der Waals surface area (Å²) in [6, 6.07) is 16.7. The van der Waals surface area contributed by atoms with Crippen LogP contribution in [0.25, 0.3) is 0 Å². The van der Waals surface area contributed by atoms with E-state index in [9.17, 15) is 9.59 Å². The van der Waals surface area contributed by atoms with Crippen molar-refractivity contribution in [3.8, 4) is 5.75 Å². The molecular formula is C25H30N4O4. The fourth-order valence-corrected chi connectivity index (χ4v) is 4.27. The molecule has 2 heterocycles. The van der Waals surface area contributed by atoms with Gasteiger partial charge in [0.1, 0.15) is 5.75 Å². The Labute approximate surface area is 194 Å². The zero-order valence-electron chi connectivity index (χ0n) is 19.0. The van der Waals surface area contributed by atoms with Crippen LogP contribution in [0.3, 0.4) is 0 Å². The highest BCUT2D eigenvalue weighted by atomic mass is 16.5. The summed E-state index contributed by atoms with van der Waals surface area (Å²) in [5.41, 5.74) is 3.06. The number of carbonyl (C=O) groups is 2. The molecule has 0 radical (unpaired) electrons. The van der Waals surface area contributed by atoms with E-state index in [4.69, 9.17) is 9.47 Å². The number of rotatable bonds is 7. The van der Waals surface area contributed by atoms with Gasteiger partial charge in [-0.2, -0.15) is 0 Å². The number of anilines is 1. The van der Waals surface area contributed by atoms with Crippen LogP contribution in [0.15, 0.2) is 65.9 Å². The predicted octanol–water partition coefficient (Wildman–Crippen LogP) is 2.69. The molecule has 0 aliphatic carbocycles. The fourth-order valence-electron chi connectivity index (χ4n) is 4.27. The van der Waals surface area contributed by atoms with E-state index in [-0.39, 0.29) is 12.6 Å². The number of nitrogens with zero attached hydrogens (tertiary/aromatic N) is 2. The number of piperazine rings is 1. The molecule has 0 saturated carbocycles. The topological polar surface area (TPSA) is 83.1 Å². The molecule has 2 aromatic rings. The molecule has 0 spiro atoms. The van der Waals surface area contributed by atoms with Crippen molar-refractivity contribution in [3.05, 3.63) is 71.4 Å². The number of nitrogens with one attached hydrogen (secondary N) is 2. The number of hydrogen-bond donors (Lipinski definition) is 2. The minimum atomic E-state index is -0.547. The Morgan fingerprint density at radius 1 is 1.03 bits per heavy atom. The second kappa shape index (κ2) is 10.4. The SMILES string of the molecule is CCOC(=O)C1=C(CN2CCN(c3ccc(OC)cc3)CC2)NC(=O)NC1c1ccccc1. The van der Waals surface area contributed by atoms with Crippen LogP contribution in [-0.4, -0.2) is 63.3 Å². The zero-order chi connectivity index (χ0) is 23.2. The largest absolute Gasteiger partial charge is 0.497 e. The van der Waals surface area contributed by atoms with E-state index in [0.717, 1.165) is 43.2 Å². The molecule has 2 aliphatic rings. The van der Waals surface area contributed by atoms with E-state index in [0.29, 0.717) is 17.8 Å². The summed E-state index contributed by atoms with van der Waals surface area (Å²) in [6.07, 6.45) is 0. The van der Waals surface area contributed by atoms with E-state index >= 15 is 0 Å². The van der Waals surface area contributed by atoms with Crippen LogP contribution in [-0.2, 0) is 9.53 Å². The van der Waals surface area contributed by atoms with Crippen molar-refractivity contribution in [3.63, 3.8) is 0 Å². The Balaban J connectivity index is 1.51. The maximum absolute atomic E-state index is 12.9. The lowest BCUT2D eigenvalue weighted by atomic mass is 9.95. The van der Waals surface area contributed by atoms with Crippen molar-refractivity contribution < 1.29 is 19.1 Å². The number of benzene rings is 2. The number of methoxy groups -OCH3 is 1. The average Bonchev–Trinajstić information content (AvgIpc) is 2.85. The summed E-state index contributed by atoms with van der Waals surface area (Å²) in [4.78, 5) is 30.0. The van der Waals surface area contributed by atoms with Gasteiger partial charge in [0.25, 0.3) is 0 Å². The second-order valence-corrected chi connectivity index (χ2v) is 8.02. The van der Waals surface area contributed by atoms with Crippen LogP contribution in [0.1, 0.15) is 18.5 Å². The quantitative estimate of drug-likeness (QED) is 0.631. The first kappa shape index (κ1) is 22.7. The first-order valence-electron chi connectivity index (χ1n) is 11.2. The van der Waals surface area contributed by atoms with Gasteiger partial charge >= 0.3 is 12.0 Å². The Bertz CT molecular complexity index is 999. The molecule has 1 fully saturated rings. The smallest absolute Gasteiger partial charge is 0.338 e. The molecule has 8 heteroatoms. The molecule has 2 aliphatic heterocycles. The number of carbonyl (C=O) groups excluding carboxylic acids is 2. The maximum Gasteiger partial charge on any atom is 0.338 e. The summed E-state index contributed by atoms with van der Waals surface area (Å²) in [5.74, 6) is 0.427. The lowest BCUT2D eigenvalue weighted by Gasteiger charge is -2.38. The van der Waals surface area contributed by atoms with Gasteiger partial charge in [-0.3, -0.25) is 4.90 Å². The van der Waals surface area contributed by atoms with Gasteiger partial charge in [-0.25, -0.2) is 9.59 Å². The van der Waals surface area contributed by atoms with E-state index < -0.39 is 12.0 Å². The van der Waals surface area contributed by atoms with Gasteiger partial charge in [0.2, 0.25) is 0 Å². The van der Waals surface area contributed by atoms with E-state index in [1.165, 1.54) is 0 Å². The van der Waals surface area contributed by atoms with Gasteiger partial charge in [-0.1, -0.05) is 30.3 Å². The molecule has 4 rings (SSSR count). The Kier molecular flexibility index (Phi) is 7.14. The number of amides is 2. The molecule has 33 heavy (non-hydrogen) atoms. The molecule has 8 nitrogen and oxygen atoms in total. The van der Waals surface area contributed by atoms with Crippen molar-refractivity contribution in [2.75, 3.05) is 51.3 Å².